The number of hydrogen-bond acceptors (Lipinski definition) is 6. The molecule has 0 radical (unpaired) electrons. The molecule has 1 N–H and O–H groups in total. The summed E-state index contributed by atoms with van der Waals surface area (Å²) in [6, 6.07) is 7.83. The van der Waals surface area contributed by atoms with Crippen molar-refractivity contribution in [2.45, 2.75) is 0 Å². The van der Waals surface area contributed by atoms with Crippen LogP contribution in [-0.2, 0) is 0 Å². The highest BCUT2D eigenvalue weighted by Crippen LogP contribution is 2.26. The largest absolute Gasteiger partial charge is 0.490 e. The molecule has 0 aliphatic carbocycles. The van der Waals surface area contributed by atoms with Crippen LogP contribution in [0.1, 0.15) is 15.2 Å². The van der Waals surface area contributed by atoms with Gasteiger partial charge in [0.1, 0.15) is 0 Å². The molecule has 1 aromatic carbocycles. The number of nitro benzene ring substituents is 1. The number of carbonyl (C=O) groups excluding carboxylic acids is 1. The van der Waals surface area contributed by atoms with Gasteiger partial charge in [0.25, 0.3) is 5.91 Å². The molecule has 108 valence electrons. The molecule has 0 atom stereocenters. The van der Waals surface area contributed by atoms with Crippen molar-refractivity contribution in [3.05, 3.63) is 56.3 Å². The van der Waals surface area contributed by atoms with E-state index in [9.17, 15) is 14.9 Å². The monoisotopic (exact) mass is 305 g/mol. The molecule has 2 aromatic rings. The maximum Gasteiger partial charge on any atom is 0.311 e. The van der Waals surface area contributed by atoms with Gasteiger partial charge in [0.05, 0.1) is 23.1 Å². The Kier molecular flexibility index (Phi) is 4.62. The zero-order valence-corrected chi connectivity index (χ0v) is 11.8. The van der Waals surface area contributed by atoms with Crippen molar-refractivity contribution in [1.82, 2.24) is 5.43 Å². The van der Waals surface area contributed by atoms with Crippen molar-refractivity contribution in [1.29, 1.82) is 0 Å². The average molecular weight is 305 g/mol. The molecule has 0 aliphatic rings. The standard InChI is InChI=1S/C13H11N3O4S/c1-20-11-5-4-9(7-10(11)16(18)19)8-14-15-13(17)12-3-2-6-21-12/h2-8H,1H3,(H,15,17)/b14-8+. The molecule has 0 spiro atoms. The van der Waals surface area contributed by atoms with Crippen LogP contribution in [0.4, 0.5) is 5.69 Å². The van der Waals surface area contributed by atoms with Crippen molar-refractivity contribution in [2.24, 2.45) is 5.10 Å². The first-order valence-corrected chi connectivity index (χ1v) is 6.69. The van der Waals surface area contributed by atoms with E-state index in [1.807, 2.05) is 0 Å². The second-order valence-corrected chi connectivity index (χ2v) is 4.81. The minimum absolute atomic E-state index is 0.161. The third-order valence-electron chi connectivity index (χ3n) is 2.52. The molecule has 0 fully saturated rings. The summed E-state index contributed by atoms with van der Waals surface area (Å²) < 4.78 is 4.90. The molecule has 1 amide bonds. The van der Waals surface area contributed by atoms with Gasteiger partial charge in [-0.3, -0.25) is 14.9 Å². The van der Waals surface area contributed by atoms with Gasteiger partial charge in [0.2, 0.25) is 0 Å². The molecule has 8 heteroatoms. The van der Waals surface area contributed by atoms with E-state index in [1.165, 1.54) is 36.8 Å². The van der Waals surface area contributed by atoms with Crippen LogP contribution in [0, 0.1) is 10.1 Å². The highest BCUT2D eigenvalue weighted by atomic mass is 32.1. The lowest BCUT2D eigenvalue weighted by molar-refractivity contribution is -0.385. The molecule has 0 saturated carbocycles. The van der Waals surface area contributed by atoms with Gasteiger partial charge in [-0.2, -0.15) is 5.10 Å². The van der Waals surface area contributed by atoms with E-state index in [4.69, 9.17) is 4.74 Å². The highest BCUT2D eigenvalue weighted by molar-refractivity contribution is 7.12. The lowest BCUT2D eigenvalue weighted by Gasteiger charge is -2.02. The van der Waals surface area contributed by atoms with Gasteiger partial charge in [-0.1, -0.05) is 6.07 Å². The number of nitrogens with zero attached hydrogens (tertiary/aromatic N) is 2. The zero-order chi connectivity index (χ0) is 15.2. The fourth-order valence-electron chi connectivity index (χ4n) is 1.56. The Labute approximate surface area is 124 Å². The Hall–Kier alpha value is -2.74. The van der Waals surface area contributed by atoms with E-state index in [-0.39, 0.29) is 17.3 Å². The number of carbonyl (C=O) groups is 1. The van der Waals surface area contributed by atoms with Crippen LogP contribution in [0.3, 0.4) is 0 Å². The fourth-order valence-corrected chi connectivity index (χ4v) is 2.17. The smallest absolute Gasteiger partial charge is 0.311 e. The highest BCUT2D eigenvalue weighted by Gasteiger charge is 2.14. The van der Waals surface area contributed by atoms with E-state index in [1.54, 1.807) is 23.6 Å². The van der Waals surface area contributed by atoms with Crippen LogP contribution < -0.4 is 10.2 Å². The molecule has 1 aromatic heterocycles. The number of hydrazone groups is 1. The number of nitrogens with one attached hydrogen (secondary N) is 1. The Balaban J connectivity index is 2.09. The Morgan fingerprint density at radius 3 is 2.90 bits per heavy atom. The summed E-state index contributed by atoms with van der Waals surface area (Å²) in [5, 5.41) is 16.4. The van der Waals surface area contributed by atoms with Crippen LogP contribution in [0.15, 0.2) is 40.8 Å². The normalized spacial score (nSPS) is 10.5. The maximum atomic E-state index is 11.6. The number of rotatable bonds is 5. The van der Waals surface area contributed by atoms with Gasteiger partial charge in [-0.25, -0.2) is 5.43 Å². The minimum atomic E-state index is -0.541. The predicted molar refractivity (Wildman–Crippen MR) is 79.0 cm³/mol. The van der Waals surface area contributed by atoms with E-state index < -0.39 is 4.92 Å². The van der Waals surface area contributed by atoms with Crippen molar-refractivity contribution in [2.75, 3.05) is 7.11 Å². The van der Waals surface area contributed by atoms with Gasteiger partial charge < -0.3 is 4.74 Å². The number of hydrogen-bond donors (Lipinski definition) is 1. The summed E-state index contributed by atoms with van der Waals surface area (Å²) in [6.45, 7) is 0. The van der Waals surface area contributed by atoms with E-state index in [0.717, 1.165) is 0 Å². The van der Waals surface area contributed by atoms with Crippen molar-refractivity contribution in [3.63, 3.8) is 0 Å². The summed E-state index contributed by atoms with van der Waals surface area (Å²) >= 11 is 1.30. The van der Waals surface area contributed by atoms with E-state index >= 15 is 0 Å². The maximum absolute atomic E-state index is 11.6. The number of methoxy groups -OCH3 is 1. The number of ether oxygens (including phenoxy) is 1. The first-order chi connectivity index (χ1) is 10.1. The SMILES string of the molecule is COc1ccc(/C=N/NC(=O)c2cccs2)cc1[N+](=O)[O-]. The average Bonchev–Trinajstić information content (AvgIpc) is 3.01. The molecular formula is C13H11N3O4S. The summed E-state index contributed by atoms with van der Waals surface area (Å²) in [4.78, 5) is 22.5. The van der Waals surface area contributed by atoms with Crippen LogP contribution in [-0.4, -0.2) is 24.2 Å². The van der Waals surface area contributed by atoms with Crippen LogP contribution >= 0.6 is 11.3 Å². The predicted octanol–water partition coefficient (Wildman–Crippen LogP) is 2.43. The van der Waals surface area contributed by atoms with Gasteiger partial charge in [0, 0.05) is 11.6 Å². The van der Waals surface area contributed by atoms with Crippen molar-refractivity contribution >= 4 is 29.1 Å². The van der Waals surface area contributed by atoms with Crippen molar-refractivity contribution < 1.29 is 14.5 Å². The number of benzene rings is 1. The van der Waals surface area contributed by atoms with E-state index in [0.29, 0.717) is 10.4 Å². The molecule has 0 unspecified atom stereocenters. The first kappa shape index (κ1) is 14.7. The number of thiophene rings is 1. The van der Waals surface area contributed by atoms with Crippen LogP contribution in [0.5, 0.6) is 5.75 Å². The van der Waals surface area contributed by atoms with E-state index in [2.05, 4.69) is 10.5 Å². The van der Waals surface area contributed by atoms with Gasteiger partial charge >= 0.3 is 5.69 Å². The molecular weight excluding hydrogens is 294 g/mol. The molecule has 1 heterocycles. The summed E-state index contributed by atoms with van der Waals surface area (Å²) in [7, 11) is 1.36. The molecule has 2 rings (SSSR count). The second-order valence-electron chi connectivity index (χ2n) is 3.86. The topological polar surface area (TPSA) is 93.8 Å². The Morgan fingerprint density at radius 2 is 2.29 bits per heavy atom. The Morgan fingerprint density at radius 1 is 1.48 bits per heavy atom. The summed E-state index contributed by atoms with van der Waals surface area (Å²) in [5.41, 5.74) is 2.67. The third-order valence-corrected chi connectivity index (χ3v) is 3.39. The lowest BCUT2D eigenvalue weighted by Crippen LogP contribution is -2.16. The molecule has 7 nitrogen and oxygen atoms in total. The number of amides is 1. The Bertz CT molecular complexity index is 683. The van der Waals surface area contributed by atoms with Crippen LogP contribution in [0.25, 0.3) is 0 Å². The third kappa shape index (κ3) is 3.63. The zero-order valence-electron chi connectivity index (χ0n) is 11.0. The molecule has 0 saturated heterocycles. The molecule has 0 aliphatic heterocycles. The quantitative estimate of drug-likeness (QED) is 0.521. The summed E-state index contributed by atoms with van der Waals surface area (Å²) in [5.74, 6) is -0.163. The van der Waals surface area contributed by atoms with Gasteiger partial charge in [-0.05, 0) is 23.6 Å². The molecule has 21 heavy (non-hydrogen) atoms. The lowest BCUT2D eigenvalue weighted by atomic mass is 10.2. The number of nitro groups is 1. The van der Waals surface area contributed by atoms with Gasteiger partial charge in [0.15, 0.2) is 5.75 Å². The summed E-state index contributed by atoms with van der Waals surface area (Å²) in [6.07, 6.45) is 1.33. The molecule has 0 bridgehead atoms. The minimum Gasteiger partial charge on any atom is -0.490 e. The second kappa shape index (κ2) is 6.62. The first-order valence-electron chi connectivity index (χ1n) is 5.81. The van der Waals surface area contributed by atoms with Crippen LogP contribution in [0.2, 0.25) is 0 Å². The fraction of sp³-hybridized carbons (Fsp3) is 0.0769. The van der Waals surface area contributed by atoms with Crippen molar-refractivity contribution in [3.8, 4) is 5.75 Å². The van der Waals surface area contributed by atoms with Gasteiger partial charge in [-0.15, -0.1) is 11.3 Å².